The number of guanidine groups is 1. The third-order valence-corrected chi connectivity index (χ3v) is 5.40. The lowest BCUT2D eigenvalue weighted by Gasteiger charge is -2.19. The molecule has 0 aliphatic rings. The van der Waals surface area contributed by atoms with Gasteiger partial charge in [0.15, 0.2) is 5.96 Å². The van der Waals surface area contributed by atoms with Gasteiger partial charge in [-0.15, -0.1) is 0 Å². The second kappa shape index (κ2) is 12.7. The summed E-state index contributed by atoms with van der Waals surface area (Å²) in [6.07, 6.45) is 4.71. The molecule has 0 rings (SSSR count). The second-order valence-electron chi connectivity index (χ2n) is 5.15. The molecule has 0 aromatic carbocycles. The van der Waals surface area contributed by atoms with Crippen LogP contribution >= 0.6 is 0 Å². The molecule has 132 valence electrons. The van der Waals surface area contributed by atoms with Crippen molar-refractivity contribution < 1.29 is 8.42 Å². The SMILES string of the molecule is CCCCCCN=C(NCC)NCCS(=O)(=O)N(CC)CC. The highest BCUT2D eigenvalue weighted by Crippen LogP contribution is 2.00. The molecular formula is C15H34N4O2S. The first-order valence-corrected chi connectivity index (χ1v) is 10.1. The van der Waals surface area contributed by atoms with Crippen molar-refractivity contribution in [1.29, 1.82) is 0 Å². The van der Waals surface area contributed by atoms with Crippen LogP contribution in [-0.4, -0.2) is 57.2 Å². The number of nitrogens with one attached hydrogen (secondary N) is 2. The minimum absolute atomic E-state index is 0.0922. The number of rotatable bonds is 12. The van der Waals surface area contributed by atoms with E-state index < -0.39 is 10.0 Å². The molecule has 0 saturated heterocycles. The van der Waals surface area contributed by atoms with Gasteiger partial charge in [-0.25, -0.2) is 12.7 Å². The number of hydrogen-bond donors (Lipinski definition) is 2. The molecular weight excluding hydrogens is 300 g/mol. The van der Waals surface area contributed by atoms with Crippen molar-refractivity contribution in [3.05, 3.63) is 0 Å². The first-order chi connectivity index (χ1) is 10.5. The Hall–Kier alpha value is -0.820. The Morgan fingerprint density at radius 3 is 2.23 bits per heavy atom. The normalized spacial score (nSPS) is 12.7. The standard InChI is InChI=1S/C15H34N4O2S/c1-5-9-10-11-12-17-15(16-6-2)18-13-14-22(20,21)19(7-3)8-4/h5-14H2,1-4H3,(H2,16,17,18). The van der Waals surface area contributed by atoms with Gasteiger partial charge in [-0.3, -0.25) is 4.99 Å². The van der Waals surface area contributed by atoms with Crippen LogP contribution in [0.4, 0.5) is 0 Å². The Kier molecular flexibility index (Phi) is 12.2. The molecule has 0 amide bonds. The van der Waals surface area contributed by atoms with Crippen molar-refractivity contribution in [2.75, 3.05) is 38.5 Å². The van der Waals surface area contributed by atoms with Gasteiger partial charge in [-0.2, -0.15) is 0 Å². The minimum Gasteiger partial charge on any atom is -0.357 e. The summed E-state index contributed by atoms with van der Waals surface area (Å²) in [6.45, 7) is 10.9. The lowest BCUT2D eigenvalue weighted by molar-refractivity contribution is 0.445. The van der Waals surface area contributed by atoms with Crippen LogP contribution in [0.2, 0.25) is 0 Å². The van der Waals surface area contributed by atoms with Crippen molar-refractivity contribution in [2.45, 2.75) is 53.4 Å². The summed E-state index contributed by atoms with van der Waals surface area (Å²) < 4.78 is 25.7. The molecule has 6 nitrogen and oxygen atoms in total. The molecule has 0 radical (unpaired) electrons. The molecule has 7 heteroatoms. The average Bonchev–Trinajstić information content (AvgIpc) is 2.47. The van der Waals surface area contributed by atoms with Crippen molar-refractivity contribution in [3.63, 3.8) is 0 Å². The molecule has 0 bridgehead atoms. The van der Waals surface area contributed by atoms with Crippen molar-refractivity contribution in [3.8, 4) is 0 Å². The van der Waals surface area contributed by atoms with Gasteiger partial charge >= 0.3 is 0 Å². The van der Waals surface area contributed by atoms with Crippen LogP contribution in [0.5, 0.6) is 0 Å². The zero-order chi connectivity index (χ0) is 16.8. The van der Waals surface area contributed by atoms with Crippen LogP contribution in [0.25, 0.3) is 0 Å². The fourth-order valence-corrected chi connectivity index (χ4v) is 3.52. The molecule has 22 heavy (non-hydrogen) atoms. The van der Waals surface area contributed by atoms with E-state index in [2.05, 4.69) is 22.5 Å². The van der Waals surface area contributed by atoms with E-state index in [0.717, 1.165) is 19.5 Å². The Labute approximate surface area is 136 Å². The van der Waals surface area contributed by atoms with Gasteiger partial charge in [0, 0.05) is 32.7 Å². The van der Waals surface area contributed by atoms with Crippen molar-refractivity contribution in [2.24, 2.45) is 4.99 Å². The Balaban J connectivity index is 4.26. The summed E-state index contributed by atoms with van der Waals surface area (Å²) in [7, 11) is -3.18. The predicted octanol–water partition coefficient (Wildman–Crippen LogP) is 1.79. The van der Waals surface area contributed by atoms with Crippen LogP contribution in [0.15, 0.2) is 4.99 Å². The van der Waals surface area contributed by atoms with E-state index in [1.54, 1.807) is 0 Å². The van der Waals surface area contributed by atoms with Gasteiger partial charge in [-0.05, 0) is 13.3 Å². The smallest absolute Gasteiger partial charge is 0.215 e. The van der Waals surface area contributed by atoms with E-state index in [-0.39, 0.29) is 5.75 Å². The van der Waals surface area contributed by atoms with Gasteiger partial charge in [-0.1, -0.05) is 40.0 Å². The molecule has 0 heterocycles. The lowest BCUT2D eigenvalue weighted by atomic mass is 10.2. The Morgan fingerprint density at radius 1 is 1.00 bits per heavy atom. The average molecular weight is 335 g/mol. The third kappa shape index (κ3) is 9.25. The van der Waals surface area contributed by atoms with E-state index >= 15 is 0 Å². The molecule has 0 aromatic rings. The minimum atomic E-state index is -3.18. The molecule has 0 aromatic heterocycles. The topological polar surface area (TPSA) is 73.8 Å². The summed E-state index contributed by atoms with van der Waals surface area (Å²) in [6, 6.07) is 0. The zero-order valence-corrected chi connectivity index (χ0v) is 15.5. The van der Waals surface area contributed by atoms with Crippen LogP contribution in [-0.2, 0) is 10.0 Å². The fraction of sp³-hybridized carbons (Fsp3) is 0.933. The summed E-state index contributed by atoms with van der Waals surface area (Å²) in [5.41, 5.74) is 0. The second-order valence-corrected chi connectivity index (χ2v) is 7.24. The maximum absolute atomic E-state index is 12.1. The molecule has 0 aliphatic carbocycles. The molecule has 0 fully saturated rings. The van der Waals surface area contributed by atoms with Gasteiger partial charge in [0.1, 0.15) is 0 Å². The first-order valence-electron chi connectivity index (χ1n) is 8.51. The number of unbranched alkanes of at least 4 members (excludes halogenated alkanes) is 3. The summed E-state index contributed by atoms with van der Waals surface area (Å²) in [5.74, 6) is 0.795. The van der Waals surface area contributed by atoms with E-state index in [0.29, 0.717) is 25.6 Å². The molecule has 0 aliphatic heterocycles. The maximum atomic E-state index is 12.1. The van der Waals surface area contributed by atoms with E-state index in [4.69, 9.17) is 0 Å². The van der Waals surface area contributed by atoms with Crippen LogP contribution in [0.3, 0.4) is 0 Å². The molecule has 0 atom stereocenters. The van der Waals surface area contributed by atoms with Crippen molar-refractivity contribution in [1.82, 2.24) is 14.9 Å². The van der Waals surface area contributed by atoms with Gasteiger partial charge in [0.2, 0.25) is 10.0 Å². The third-order valence-electron chi connectivity index (χ3n) is 3.38. The fourth-order valence-electron chi connectivity index (χ4n) is 2.12. The van der Waals surface area contributed by atoms with E-state index in [9.17, 15) is 8.42 Å². The molecule has 0 saturated carbocycles. The monoisotopic (exact) mass is 334 g/mol. The summed E-state index contributed by atoms with van der Waals surface area (Å²) in [4.78, 5) is 4.48. The Bertz CT molecular complexity index is 392. The van der Waals surface area contributed by atoms with Crippen LogP contribution in [0, 0.1) is 0 Å². The van der Waals surface area contributed by atoms with Gasteiger partial charge < -0.3 is 10.6 Å². The quantitative estimate of drug-likeness (QED) is 0.324. The highest BCUT2D eigenvalue weighted by molar-refractivity contribution is 7.89. The molecule has 0 unspecified atom stereocenters. The molecule has 0 spiro atoms. The maximum Gasteiger partial charge on any atom is 0.215 e. The highest BCUT2D eigenvalue weighted by Gasteiger charge is 2.18. The number of aliphatic imine (C=N–C) groups is 1. The number of hydrogen-bond acceptors (Lipinski definition) is 3. The van der Waals surface area contributed by atoms with Gasteiger partial charge in [0.25, 0.3) is 0 Å². The predicted molar refractivity (Wildman–Crippen MR) is 94.8 cm³/mol. The zero-order valence-electron chi connectivity index (χ0n) is 14.7. The number of sulfonamides is 1. The van der Waals surface area contributed by atoms with Crippen LogP contribution < -0.4 is 10.6 Å². The van der Waals surface area contributed by atoms with Crippen LogP contribution in [0.1, 0.15) is 53.4 Å². The van der Waals surface area contributed by atoms with Crippen molar-refractivity contribution >= 4 is 16.0 Å². The van der Waals surface area contributed by atoms with E-state index in [1.165, 1.54) is 23.6 Å². The largest absolute Gasteiger partial charge is 0.357 e. The first kappa shape index (κ1) is 21.2. The lowest BCUT2D eigenvalue weighted by Crippen LogP contribution is -2.42. The molecule has 2 N–H and O–H groups in total. The van der Waals surface area contributed by atoms with E-state index in [1.807, 2.05) is 20.8 Å². The highest BCUT2D eigenvalue weighted by atomic mass is 32.2. The summed E-state index contributed by atoms with van der Waals surface area (Å²) >= 11 is 0. The Morgan fingerprint density at radius 2 is 1.68 bits per heavy atom. The number of nitrogens with zero attached hydrogens (tertiary/aromatic N) is 2. The summed E-state index contributed by atoms with van der Waals surface area (Å²) in [5, 5.41) is 6.25. The van der Waals surface area contributed by atoms with Gasteiger partial charge in [0.05, 0.1) is 5.75 Å².